The van der Waals surface area contributed by atoms with Gasteiger partial charge in [-0.3, -0.25) is 4.79 Å². The predicted molar refractivity (Wildman–Crippen MR) is 133 cm³/mol. The molecule has 3 aromatic rings. The highest BCUT2D eigenvalue weighted by Crippen LogP contribution is 2.30. The van der Waals surface area contributed by atoms with Gasteiger partial charge in [-0.15, -0.1) is 10.2 Å². The molecule has 0 bridgehead atoms. The summed E-state index contributed by atoms with van der Waals surface area (Å²) >= 11 is 1.35. The minimum Gasteiger partial charge on any atom is -0.497 e. The Labute approximate surface area is 204 Å². The van der Waals surface area contributed by atoms with E-state index in [1.807, 2.05) is 35.8 Å². The molecule has 1 aliphatic rings. The van der Waals surface area contributed by atoms with Gasteiger partial charge in [-0.1, -0.05) is 11.8 Å². The first-order valence-electron chi connectivity index (χ1n) is 11.5. The normalized spacial score (nSPS) is 13.6. The van der Waals surface area contributed by atoms with Crippen molar-refractivity contribution in [3.63, 3.8) is 0 Å². The molecule has 0 spiro atoms. The molecule has 1 fully saturated rings. The molecule has 8 nitrogen and oxygen atoms in total. The molecule has 34 heavy (non-hydrogen) atoms. The van der Waals surface area contributed by atoms with Crippen molar-refractivity contribution in [2.24, 2.45) is 0 Å². The Balaban J connectivity index is 1.39. The lowest BCUT2D eigenvalue weighted by atomic mass is 10.2. The summed E-state index contributed by atoms with van der Waals surface area (Å²) in [5, 5.41) is 12.3. The third-order valence-electron chi connectivity index (χ3n) is 5.77. The van der Waals surface area contributed by atoms with Crippen molar-refractivity contribution in [3.05, 3.63) is 42.5 Å². The van der Waals surface area contributed by atoms with Crippen LogP contribution >= 0.6 is 11.8 Å². The Kier molecular flexibility index (Phi) is 7.95. The average molecular weight is 483 g/mol. The number of anilines is 1. The van der Waals surface area contributed by atoms with Crippen molar-refractivity contribution in [1.29, 1.82) is 0 Å². The molecule has 1 amide bonds. The Morgan fingerprint density at radius 2 is 1.79 bits per heavy atom. The van der Waals surface area contributed by atoms with Crippen LogP contribution in [0.15, 0.2) is 47.6 Å². The van der Waals surface area contributed by atoms with Crippen molar-refractivity contribution in [3.8, 4) is 28.6 Å². The SMILES string of the molecule is CCn1c(SCC(=O)Nc2ccc(OC)cc2OC)nnc1-c1ccc(OC2CCCC2)cc1. The van der Waals surface area contributed by atoms with Gasteiger partial charge < -0.3 is 24.1 Å². The Morgan fingerprint density at radius 1 is 1.06 bits per heavy atom. The van der Waals surface area contributed by atoms with Gasteiger partial charge in [-0.05, 0) is 69.0 Å². The van der Waals surface area contributed by atoms with E-state index in [1.54, 1.807) is 32.4 Å². The highest BCUT2D eigenvalue weighted by molar-refractivity contribution is 7.99. The van der Waals surface area contributed by atoms with E-state index in [4.69, 9.17) is 14.2 Å². The second-order valence-electron chi connectivity index (χ2n) is 8.00. The summed E-state index contributed by atoms with van der Waals surface area (Å²) in [5.41, 5.74) is 1.55. The van der Waals surface area contributed by atoms with Crippen LogP contribution in [-0.2, 0) is 11.3 Å². The van der Waals surface area contributed by atoms with Crippen LogP contribution in [0.25, 0.3) is 11.4 Å². The molecule has 0 atom stereocenters. The van der Waals surface area contributed by atoms with Gasteiger partial charge in [-0.2, -0.15) is 0 Å². The van der Waals surface area contributed by atoms with Crippen molar-refractivity contribution in [2.45, 2.75) is 50.4 Å². The lowest BCUT2D eigenvalue weighted by Crippen LogP contribution is -2.15. The van der Waals surface area contributed by atoms with Crippen molar-refractivity contribution in [2.75, 3.05) is 25.3 Å². The Bertz CT molecular complexity index is 1110. The van der Waals surface area contributed by atoms with Gasteiger partial charge in [0, 0.05) is 18.2 Å². The molecule has 1 aromatic heterocycles. The lowest BCUT2D eigenvalue weighted by Gasteiger charge is -2.13. The van der Waals surface area contributed by atoms with Crippen LogP contribution in [0.5, 0.6) is 17.2 Å². The molecule has 0 radical (unpaired) electrons. The number of aromatic nitrogens is 3. The van der Waals surface area contributed by atoms with Gasteiger partial charge in [-0.25, -0.2) is 0 Å². The Morgan fingerprint density at radius 3 is 2.47 bits per heavy atom. The number of rotatable bonds is 10. The van der Waals surface area contributed by atoms with Crippen molar-refractivity contribution < 1.29 is 19.0 Å². The molecule has 180 valence electrons. The van der Waals surface area contributed by atoms with E-state index in [0.29, 0.717) is 35.0 Å². The number of ether oxygens (including phenoxy) is 3. The highest BCUT2D eigenvalue weighted by atomic mass is 32.2. The minimum absolute atomic E-state index is 0.158. The number of hydrogen-bond donors (Lipinski definition) is 1. The maximum absolute atomic E-state index is 12.6. The van der Waals surface area contributed by atoms with Crippen molar-refractivity contribution in [1.82, 2.24) is 14.8 Å². The van der Waals surface area contributed by atoms with Gasteiger partial charge in [0.05, 0.1) is 31.8 Å². The van der Waals surface area contributed by atoms with Crippen molar-refractivity contribution >= 4 is 23.4 Å². The summed E-state index contributed by atoms with van der Waals surface area (Å²) in [7, 11) is 3.14. The first-order valence-corrected chi connectivity index (χ1v) is 12.4. The van der Waals surface area contributed by atoms with E-state index >= 15 is 0 Å². The monoisotopic (exact) mass is 482 g/mol. The molecule has 2 aromatic carbocycles. The van der Waals surface area contributed by atoms with Crippen LogP contribution in [0.3, 0.4) is 0 Å². The Hall–Kier alpha value is -3.20. The molecule has 1 saturated carbocycles. The van der Waals surface area contributed by atoms with Crippen LogP contribution in [0.4, 0.5) is 5.69 Å². The molecule has 1 aliphatic carbocycles. The smallest absolute Gasteiger partial charge is 0.234 e. The standard InChI is InChI=1S/C25H30N4O4S/c1-4-29-24(17-9-11-19(12-10-17)33-18-7-5-6-8-18)27-28-25(29)34-16-23(30)26-21-14-13-20(31-2)15-22(21)32-3/h9-15,18H,4-8,16H2,1-3H3,(H,26,30). The lowest BCUT2D eigenvalue weighted by molar-refractivity contribution is -0.113. The summed E-state index contributed by atoms with van der Waals surface area (Å²) in [6.07, 6.45) is 5.08. The largest absolute Gasteiger partial charge is 0.497 e. The number of carbonyl (C=O) groups is 1. The number of methoxy groups -OCH3 is 2. The third kappa shape index (κ3) is 5.64. The maximum Gasteiger partial charge on any atom is 0.234 e. The van der Waals surface area contributed by atoms with Crippen LogP contribution in [0.1, 0.15) is 32.6 Å². The van der Waals surface area contributed by atoms with Crippen LogP contribution in [0, 0.1) is 0 Å². The van der Waals surface area contributed by atoms with E-state index in [-0.39, 0.29) is 11.7 Å². The van der Waals surface area contributed by atoms with Crippen LogP contribution < -0.4 is 19.5 Å². The summed E-state index contributed by atoms with van der Waals surface area (Å²) in [5.74, 6) is 2.90. The predicted octanol–water partition coefficient (Wildman–Crippen LogP) is 5.03. The van der Waals surface area contributed by atoms with Gasteiger partial charge in [0.15, 0.2) is 11.0 Å². The van der Waals surface area contributed by atoms with Gasteiger partial charge in [0.2, 0.25) is 5.91 Å². The molecule has 0 unspecified atom stereocenters. The number of nitrogens with one attached hydrogen (secondary N) is 1. The zero-order valence-electron chi connectivity index (χ0n) is 19.7. The van der Waals surface area contributed by atoms with E-state index < -0.39 is 0 Å². The fourth-order valence-corrected chi connectivity index (χ4v) is 4.80. The first-order chi connectivity index (χ1) is 16.6. The van der Waals surface area contributed by atoms with Gasteiger partial charge in [0.25, 0.3) is 0 Å². The molecule has 4 rings (SSSR count). The third-order valence-corrected chi connectivity index (χ3v) is 6.73. The number of benzene rings is 2. The number of amides is 1. The quantitative estimate of drug-likeness (QED) is 0.405. The molecular formula is C25H30N4O4S. The zero-order valence-corrected chi connectivity index (χ0v) is 20.6. The second-order valence-corrected chi connectivity index (χ2v) is 8.94. The zero-order chi connectivity index (χ0) is 23.9. The number of carbonyl (C=O) groups excluding carboxylic acids is 1. The van der Waals surface area contributed by atoms with E-state index in [2.05, 4.69) is 15.5 Å². The van der Waals surface area contributed by atoms with E-state index in [1.165, 1.54) is 24.6 Å². The minimum atomic E-state index is -0.158. The number of hydrogen-bond acceptors (Lipinski definition) is 7. The molecule has 0 aliphatic heterocycles. The second kappa shape index (κ2) is 11.3. The first kappa shape index (κ1) is 23.9. The molecule has 0 saturated heterocycles. The fraction of sp³-hybridized carbons (Fsp3) is 0.400. The molecule has 9 heteroatoms. The highest BCUT2D eigenvalue weighted by Gasteiger charge is 2.18. The number of thioether (sulfide) groups is 1. The van der Waals surface area contributed by atoms with Gasteiger partial charge >= 0.3 is 0 Å². The summed E-state index contributed by atoms with van der Waals surface area (Å²) < 4.78 is 18.6. The maximum atomic E-state index is 12.6. The topological polar surface area (TPSA) is 87.5 Å². The average Bonchev–Trinajstić information content (AvgIpc) is 3.53. The summed E-state index contributed by atoms with van der Waals surface area (Å²) in [6, 6.07) is 13.3. The molecule has 1 heterocycles. The van der Waals surface area contributed by atoms with Crippen LogP contribution in [0.2, 0.25) is 0 Å². The van der Waals surface area contributed by atoms with E-state index in [0.717, 1.165) is 30.0 Å². The molecular weight excluding hydrogens is 452 g/mol. The molecule has 1 N–H and O–H groups in total. The summed E-state index contributed by atoms with van der Waals surface area (Å²) in [6.45, 7) is 2.73. The van der Waals surface area contributed by atoms with E-state index in [9.17, 15) is 4.79 Å². The van der Waals surface area contributed by atoms with Gasteiger partial charge in [0.1, 0.15) is 17.2 Å². The summed E-state index contributed by atoms with van der Waals surface area (Å²) in [4.78, 5) is 12.6. The van der Waals surface area contributed by atoms with Crippen LogP contribution in [-0.4, -0.2) is 46.7 Å². The fourth-order valence-electron chi connectivity index (χ4n) is 3.99. The number of nitrogens with zero attached hydrogens (tertiary/aromatic N) is 3.